The van der Waals surface area contributed by atoms with Crippen LogP contribution in [0.3, 0.4) is 0 Å². The van der Waals surface area contributed by atoms with E-state index in [0.717, 1.165) is 25.0 Å². The quantitative estimate of drug-likeness (QED) is 0.792. The predicted molar refractivity (Wildman–Crippen MR) is 54.6 cm³/mol. The highest BCUT2D eigenvalue weighted by Crippen LogP contribution is 2.19. The van der Waals surface area contributed by atoms with Crippen molar-refractivity contribution in [3.63, 3.8) is 0 Å². The molecule has 2 rings (SSSR count). The van der Waals surface area contributed by atoms with Gasteiger partial charge in [0.25, 0.3) is 0 Å². The van der Waals surface area contributed by atoms with Crippen LogP contribution in [-0.4, -0.2) is 20.3 Å². The molecule has 0 spiro atoms. The van der Waals surface area contributed by atoms with Gasteiger partial charge in [0.2, 0.25) is 0 Å². The normalized spacial score (nSPS) is 16.6. The van der Waals surface area contributed by atoms with Crippen LogP contribution in [0.25, 0.3) is 0 Å². The monoisotopic (exact) mass is 229 g/mol. The van der Waals surface area contributed by atoms with E-state index < -0.39 is 15.7 Å². The fourth-order valence-electron chi connectivity index (χ4n) is 1.24. The van der Waals surface area contributed by atoms with Crippen LogP contribution in [0.5, 0.6) is 0 Å². The Hall–Kier alpha value is -0.940. The van der Waals surface area contributed by atoms with Crippen molar-refractivity contribution in [3.8, 4) is 0 Å². The highest BCUT2D eigenvalue weighted by molar-refractivity contribution is 7.91. The number of sulfone groups is 1. The topological polar surface area (TPSA) is 46.2 Å². The molecule has 1 aromatic carbocycles. The van der Waals surface area contributed by atoms with Crippen molar-refractivity contribution < 1.29 is 12.8 Å². The standard InChI is InChI=1S/C10H12FNO2S/c11-8-1-5-10(6-2-8)15(13,14)7-12-9-3-4-9/h1-2,5-6,9,12H,3-4,7H2. The maximum atomic E-state index is 12.6. The summed E-state index contributed by atoms with van der Waals surface area (Å²) in [5, 5.41) is 2.93. The first-order chi connectivity index (χ1) is 7.08. The Balaban J connectivity index is 2.09. The van der Waals surface area contributed by atoms with Crippen LogP contribution in [0.4, 0.5) is 4.39 Å². The van der Waals surface area contributed by atoms with Gasteiger partial charge in [-0.05, 0) is 37.1 Å². The molecule has 5 heteroatoms. The number of hydrogen-bond donors (Lipinski definition) is 1. The summed E-state index contributed by atoms with van der Waals surface area (Å²) in [4.78, 5) is 0.164. The minimum absolute atomic E-state index is 0.0662. The molecule has 1 saturated carbocycles. The molecule has 0 unspecified atom stereocenters. The molecular weight excluding hydrogens is 217 g/mol. The van der Waals surface area contributed by atoms with Gasteiger partial charge in [0.1, 0.15) is 11.7 Å². The van der Waals surface area contributed by atoms with E-state index in [4.69, 9.17) is 0 Å². The van der Waals surface area contributed by atoms with Crippen molar-refractivity contribution in [2.75, 3.05) is 5.88 Å². The average Bonchev–Trinajstić information content (AvgIpc) is 2.99. The molecule has 0 atom stereocenters. The lowest BCUT2D eigenvalue weighted by molar-refractivity contribution is 0.585. The fourth-order valence-corrected chi connectivity index (χ4v) is 2.41. The van der Waals surface area contributed by atoms with E-state index in [1.807, 2.05) is 0 Å². The first-order valence-electron chi connectivity index (χ1n) is 4.80. The molecule has 0 heterocycles. The van der Waals surface area contributed by atoms with Gasteiger partial charge in [-0.15, -0.1) is 0 Å². The third kappa shape index (κ3) is 2.76. The lowest BCUT2D eigenvalue weighted by atomic mass is 10.4. The van der Waals surface area contributed by atoms with E-state index in [2.05, 4.69) is 5.32 Å². The Morgan fingerprint density at radius 2 is 1.87 bits per heavy atom. The minimum Gasteiger partial charge on any atom is -0.301 e. The second kappa shape index (κ2) is 3.90. The molecule has 1 aliphatic carbocycles. The summed E-state index contributed by atoms with van der Waals surface area (Å²) in [6, 6.07) is 5.24. The predicted octanol–water partition coefficient (Wildman–Crippen LogP) is 1.31. The highest BCUT2D eigenvalue weighted by atomic mass is 32.2. The molecular formula is C10H12FNO2S. The summed E-state index contributed by atoms with van der Waals surface area (Å²) < 4.78 is 36.0. The van der Waals surface area contributed by atoms with Crippen LogP contribution < -0.4 is 5.32 Å². The van der Waals surface area contributed by atoms with E-state index in [9.17, 15) is 12.8 Å². The van der Waals surface area contributed by atoms with Crippen LogP contribution in [0.15, 0.2) is 29.2 Å². The maximum Gasteiger partial charge on any atom is 0.191 e. The molecule has 1 N–H and O–H groups in total. The zero-order valence-electron chi connectivity index (χ0n) is 8.11. The fraction of sp³-hybridized carbons (Fsp3) is 0.400. The van der Waals surface area contributed by atoms with Crippen molar-refractivity contribution in [1.29, 1.82) is 0 Å². The highest BCUT2D eigenvalue weighted by Gasteiger charge is 2.23. The zero-order chi connectivity index (χ0) is 10.9. The number of rotatable bonds is 4. The Morgan fingerprint density at radius 1 is 1.27 bits per heavy atom. The first kappa shape index (κ1) is 10.6. The van der Waals surface area contributed by atoms with Crippen molar-refractivity contribution in [2.24, 2.45) is 0 Å². The van der Waals surface area contributed by atoms with Gasteiger partial charge in [-0.3, -0.25) is 0 Å². The largest absolute Gasteiger partial charge is 0.301 e. The Labute approximate surface area is 88.2 Å². The number of hydrogen-bond acceptors (Lipinski definition) is 3. The van der Waals surface area contributed by atoms with Gasteiger partial charge >= 0.3 is 0 Å². The van der Waals surface area contributed by atoms with Gasteiger partial charge in [0.05, 0.1) is 4.90 Å². The van der Waals surface area contributed by atoms with Gasteiger partial charge in [-0.2, -0.15) is 0 Å². The summed E-state index contributed by atoms with van der Waals surface area (Å²) in [6.07, 6.45) is 2.08. The molecule has 0 aromatic heterocycles. The molecule has 0 aliphatic heterocycles. The van der Waals surface area contributed by atoms with Gasteiger partial charge in [-0.25, -0.2) is 12.8 Å². The summed E-state index contributed by atoms with van der Waals surface area (Å²) >= 11 is 0. The number of halogens is 1. The lowest BCUT2D eigenvalue weighted by Gasteiger charge is -2.04. The summed E-state index contributed by atoms with van der Waals surface area (Å²) in [6.45, 7) is 0. The molecule has 3 nitrogen and oxygen atoms in total. The molecule has 0 bridgehead atoms. The Morgan fingerprint density at radius 3 is 2.40 bits per heavy atom. The smallest absolute Gasteiger partial charge is 0.191 e. The van der Waals surface area contributed by atoms with Gasteiger partial charge in [0.15, 0.2) is 9.84 Å². The van der Waals surface area contributed by atoms with Crippen molar-refractivity contribution in [2.45, 2.75) is 23.8 Å². The number of nitrogens with one attached hydrogen (secondary N) is 1. The second-order valence-electron chi connectivity index (χ2n) is 3.69. The van der Waals surface area contributed by atoms with E-state index in [0.29, 0.717) is 6.04 Å². The third-order valence-electron chi connectivity index (χ3n) is 2.31. The van der Waals surface area contributed by atoms with Crippen LogP contribution >= 0.6 is 0 Å². The van der Waals surface area contributed by atoms with Crippen molar-refractivity contribution in [1.82, 2.24) is 5.32 Å². The zero-order valence-corrected chi connectivity index (χ0v) is 8.93. The summed E-state index contributed by atoms with van der Waals surface area (Å²) in [5.74, 6) is -0.493. The van der Waals surface area contributed by atoms with Crippen molar-refractivity contribution in [3.05, 3.63) is 30.1 Å². The summed E-state index contributed by atoms with van der Waals surface area (Å²) in [5.41, 5.74) is 0. The van der Waals surface area contributed by atoms with Gasteiger partial charge < -0.3 is 5.32 Å². The second-order valence-corrected chi connectivity index (χ2v) is 5.68. The van der Waals surface area contributed by atoms with Crippen LogP contribution in [0.2, 0.25) is 0 Å². The molecule has 0 radical (unpaired) electrons. The third-order valence-corrected chi connectivity index (χ3v) is 3.85. The Bertz CT molecular complexity index is 437. The van der Waals surface area contributed by atoms with Gasteiger partial charge in [0, 0.05) is 6.04 Å². The van der Waals surface area contributed by atoms with Crippen LogP contribution in [0.1, 0.15) is 12.8 Å². The molecule has 1 aromatic rings. The maximum absolute atomic E-state index is 12.6. The molecule has 1 fully saturated rings. The van der Waals surface area contributed by atoms with Crippen LogP contribution in [-0.2, 0) is 9.84 Å². The molecule has 15 heavy (non-hydrogen) atoms. The molecule has 82 valence electrons. The first-order valence-corrected chi connectivity index (χ1v) is 6.45. The molecule has 0 amide bonds. The average molecular weight is 229 g/mol. The van der Waals surface area contributed by atoms with Crippen LogP contribution in [0, 0.1) is 5.82 Å². The minimum atomic E-state index is -3.31. The van der Waals surface area contributed by atoms with Gasteiger partial charge in [-0.1, -0.05) is 0 Å². The van der Waals surface area contributed by atoms with E-state index >= 15 is 0 Å². The summed E-state index contributed by atoms with van der Waals surface area (Å²) in [7, 11) is -3.31. The Kier molecular flexibility index (Phi) is 2.75. The van der Waals surface area contributed by atoms with Crippen molar-refractivity contribution >= 4 is 9.84 Å². The number of benzene rings is 1. The van der Waals surface area contributed by atoms with E-state index in [-0.39, 0.29) is 10.8 Å². The SMILES string of the molecule is O=S(=O)(CNC1CC1)c1ccc(F)cc1. The molecule has 0 saturated heterocycles. The van der Waals surface area contributed by atoms with E-state index in [1.165, 1.54) is 12.1 Å². The lowest BCUT2D eigenvalue weighted by Crippen LogP contribution is -2.25. The molecule has 1 aliphatic rings. The van der Waals surface area contributed by atoms with E-state index in [1.54, 1.807) is 0 Å².